The Bertz CT molecular complexity index is 851. The van der Waals surface area contributed by atoms with E-state index in [9.17, 15) is 4.79 Å². The molecule has 4 rings (SSSR count). The number of hydrogen-bond donors (Lipinski definition) is 0. The zero-order valence-corrected chi connectivity index (χ0v) is 15.6. The fourth-order valence-corrected chi connectivity index (χ4v) is 4.11. The van der Waals surface area contributed by atoms with Gasteiger partial charge in [-0.1, -0.05) is 48.0 Å². The lowest BCUT2D eigenvalue weighted by atomic mass is 10.1. The van der Waals surface area contributed by atoms with E-state index < -0.39 is 0 Å². The zero-order valence-electron chi connectivity index (χ0n) is 14.8. The SMILES string of the molecule is Cc1ccc(/C=C2\SC(N3CCN(c4ccccc4)CC3)=NC2=O)cc1. The molecule has 4 nitrogen and oxygen atoms in total. The molecule has 1 amide bonds. The van der Waals surface area contributed by atoms with E-state index in [0.717, 1.165) is 36.9 Å². The second-order valence-electron chi connectivity index (χ2n) is 6.53. The van der Waals surface area contributed by atoms with E-state index in [0.29, 0.717) is 4.91 Å². The van der Waals surface area contributed by atoms with Crippen LogP contribution in [0.25, 0.3) is 6.08 Å². The molecular weight excluding hydrogens is 342 g/mol. The number of aryl methyl sites for hydroxylation is 1. The van der Waals surface area contributed by atoms with E-state index in [2.05, 4.69) is 58.1 Å². The van der Waals surface area contributed by atoms with E-state index in [1.807, 2.05) is 24.3 Å². The van der Waals surface area contributed by atoms with Crippen LogP contribution in [0.15, 0.2) is 64.5 Å². The van der Waals surface area contributed by atoms with Crippen molar-refractivity contribution in [2.24, 2.45) is 4.99 Å². The number of rotatable bonds is 2. The first kappa shape index (κ1) is 16.9. The van der Waals surface area contributed by atoms with Gasteiger partial charge >= 0.3 is 0 Å². The van der Waals surface area contributed by atoms with Crippen LogP contribution in [-0.4, -0.2) is 42.2 Å². The summed E-state index contributed by atoms with van der Waals surface area (Å²) in [7, 11) is 0. The highest BCUT2D eigenvalue weighted by Gasteiger charge is 2.28. The predicted molar refractivity (Wildman–Crippen MR) is 109 cm³/mol. The first-order valence-corrected chi connectivity index (χ1v) is 9.65. The van der Waals surface area contributed by atoms with E-state index in [1.165, 1.54) is 23.0 Å². The summed E-state index contributed by atoms with van der Waals surface area (Å²) in [6.07, 6.45) is 1.93. The number of anilines is 1. The van der Waals surface area contributed by atoms with Crippen LogP contribution in [0.5, 0.6) is 0 Å². The predicted octanol–water partition coefficient (Wildman–Crippen LogP) is 3.79. The molecule has 2 aliphatic heterocycles. The Morgan fingerprint density at radius 2 is 1.58 bits per heavy atom. The van der Waals surface area contributed by atoms with E-state index >= 15 is 0 Å². The van der Waals surface area contributed by atoms with Crippen molar-refractivity contribution >= 4 is 34.6 Å². The molecule has 26 heavy (non-hydrogen) atoms. The van der Waals surface area contributed by atoms with Crippen LogP contribution in [0.4, 0.5) is 5.69 Å². The summed E-state index contributed by atoms with van der Waals surface area (Å²) in [5.74, 6) is -0.129. The second kappa shape index (κ2) is 7.38. The van der Waals surface area contributed by atoms with Gasteiger partial charge in [0.2, 0.25) is 0 Å². The lowest BCUT2D eigenvalue weighted by Gasteiger charge is -2.36. The van der Waals surface area contributed by atoms with E-state index in [4.69, 9.17) is 0 Å². The van der Waals surface area contributed by atoms with Crippen molar-refractivity contribution in [3.8, 4) is 0 Å². The number of nitrogens with zero attached hydrogens (tertiary/aromatic N) is 3. The molecule has 0 bridgehead atoms. The Morgan fingerprint density at radius 1 is 0.923 bits per heavy atom. The molecule has 2 aromatic rings. The van der Waals surface area contributed by atoms with Crippen molar-refractivity contribution in [1.82, 2.24) is 4.90 Å². The second-order valence-corrected chi connectivity index (χ2v) is 7.54. The summed E-state index contributed by atoms with van der Waals surface area (Å²) in [6, 6.07) is 18.6. The molecule has 5 heteroatoms. The van der Waals surface area contributed by atoms with Gasteiger partial charge in [0, 0.05) is 31.9 Å². The van der Waals surface area contributed by atoms with Gasteiger partial charge in [0.05, 0.1) is 4.91 Å². The first-order chi connectivity index (χ1) is 12.7. The average molecular weight is 363 g/mol. The van der Waals surface area contributed by atoms with Crippen molar-refractivity contribution in [3.05, 3.63) is 70.6 Å². The lowest BCUT2D eigenvalue weighted by Crippen LogP contribution is -2.47. The Kier molecular flexibility index (Phi) is 4.80. The highest BCUT2D eigenvalue weighted by molar-refractivity contribution is 8.18. The van der Waals surface area contributed by atoms with Crippen LogP contribution in [0.2, 0.25) is 0 Å². The monoisotopic (exact) mass is 363 g/mol. The minimum atomic E-state index is -0.129. The van der Waals surface area contributed by atoms with Crippen molar-refractivity contribution in [2.45, 2.75) is 6.92 Å². The summed E-state index contributed by atoms with van der Waals surface area (Å²) in [4.78, 5) is 21.9. The van der Waals surface area contributed by atoms with Gasteiger partial charge in [-0.25, -0.2) is 0 Å². The highest BCUT2D eigenvalue weighted by Crippen LogP contribution is 2.31. The number of thioether (sulfide) groups is 1. The molecule has 2 aliphatic rings. The molecule has 2 heterocycles. The standard InChI is InChI=1S/C21H21N3OS/c1-16-7-9-17(10-8-16)15-19-20(25)22-21(26-19)24-13-11-23(12-14-24)18-5-3-2-4-6-18/h2-10,15H,11-14H2,1H3/b19-15-. The summed E-state index contributed by atoms with van der Waals surface area (Å²) in [6.45, 7) is 5.70. The Balaban J connectivity index is 1.40. The number of aliphatic imine (C=N–C) groups is 1. The number of amidine groups is 1. The maximum Gasteiger partial charge on any atom is 0.286 e. The summed E-state index contributed by atoms with van der Waals surface area (Å²) >= 11 is 1.49. The summed E-state index contributed by atoms with van der Waals surface area (Å²) in [5, 5.41) is 0.834. The van der Waals surface area contributed by atoms with E-state index in [-0.39, 0.29) is 5.91 Å². The fourth-order valence-electron chi connectivity index (χ4n) is 3.14. The number of amides is 1. The number of para-hydroxylation sites is 1. The van der Waals surface area contributed by atoms with Gasteiger partial charge in [-0.05, 0) is 42.5 Å². The highest BCUT2D eigenvalue weighted by atomic mass is 32.2. The maximum atomic E-state index is 12.3. The topological polar surface area (TPSA) is 35.9 Å². The molecule has 1 saturated heterocycles. The van der Waals surface area contributed by atoms with Gasteiger partial charge in [-0.2, -0.15) is 4.99 Å². The van der Waals surface area contributed by atoms with Crippen molar-refractivity contribution < 1.29 is 4.79 Å². The number of carbonyl (C=O) groups excluding carboxylic acids is 1. The van der Waals surface area contributed by atoms with Crippen LogP contribution in [-0.2, 0) is 4.79 Å². The molecule has 0 aromatic heterocycles. The Hall–Kier alpha value is -2.53. The van der Waals surface area contributed by atoms with Crippen molar-refractivity contribution in [2.75, 3.05) is 31.1 Å². The van der Waals surface area contributed by atoms with E-state index in [1.54, 1.807) is 0 Å². The molecular formula is C21H21N3OS. The van der Waals surface area contributed by atoms with Gasteiger partial charge in [-0.3, -0.25) is 4.79 Å². The Labute approximate surface area is 158 Å². The summed E-state index contributed by atoms with van der Waals surface area (Å²) < 4.78 is 0. The van der Waals surface area contributed by atoms with Crippen LogP contribution in [0.3, 0.4) is 0 Å². The largest absolute Gasteiger partial charge is 0.368 e. The van der Waals surface area contributed by atoms with Gasteiger partial charge in [0.1, 0.15) is 0 Å². The normalized spacial score (nSPS) is 19.2. The van der Waals surface area contributed by atoms with Gasteiger partial charge in [0.25, 0.3) is 5.91 Å². The third kappa shape index (κ3) is 3.68. The zero-order chi connectivity index (χ0) is 17.9. The molecule has 0 aliphatic carbocycles. The molecule has 0 spiro atoms. The minimum Gasteiger partial charge on any atom is -0.368 e. The number of hydrogen-bond acceptors (Lipinski definition) is 4. The smallest absolute Gasteiger partial charge is 0.286 e. The maximum absolute atomic E-state index is 12.3. The molecule has 132 valence electrons. The van der Waals surface area contributed by atoms with Crippen LogP contribution >= 0.6 is 11.8 Å². The molecule has 0 radical (unpaired) electrons. The molecule has 1 fully saturated rings. The third-order valence-corrected chi connectivity index (χ3v) is 5.70. The summed E-state index contributed by atoms with van der Waals surface area (Å²) in [5.41, 5.74) is 3.51. The number of piperazine rings is 1. The van der Waals surface area contributed by atoms with Crippen LogP contribution in [0, 0.1) is 6.92 Å². The first-order valence-electron chi connectivity index (χ1n) is 8.83. The minimum absolute atomic E-state index is 0.129. The quantitative estimate of drug-likeness (QED) is 0.761. The number of benzene rings is 2. The van der Waals surface area contributed by atoms with Crippen LogP contribution < -0.4 is 4.90 Å². The van der Waals surface area contributed by atoms with Gasteiger partial charge < -0.3 is 9.80 Å². The lowest BCUT2D eigenvalue weighted by molar-refractivity contribution is -0.113. The van der Waals surface area contributed by atoms with Gasteiger partial charge in [-0.15, -0.1) is 0 Å². The Morgan fingerprint density at radius 3 is 2.27 bits per heavy atom. The molecule has 0 N–H and O–H groups in total. The van der Waals surface area contributed by atoms with Crippen LogP contribution in [0.1, 0.15) is 11.1 Å². The number of carbonyl (C=O) groups is 1. The third-order valence-electron chi connectivity index (χ3n) is 4.66. The van der Waals surface area contributed by atoms with Crippen molar-refractivity contribution in [3.63, 3.8) is 0 Å². The molecule has 0 unspecified atom stereocenters. The molecule has 0 atom stereocenters. The molecule has 0 saturated carbocycles. The van der Waals surface area contributed by atoms with Gasteiger partial charge in [0.15, 0.2) is 5.17 Å². The molecule has 2 aromatic carbocycles. The van der Waals surface area contributed by atoms with Crippen molar-refractivity contribution in [1.29, 1.82) is 0 Å². The average Bonchev–Trinajstić information content (AvgIpc) is 3.05. The fraction of sp³-hybridized carbons (Fsp3) is 0.238.